The van der Waals surface area contributed by atoms with Crippen LogP contribution in [-0.4, -0.2) is 46.1 Å². The van der Waals surface area contributed by atoms with Crippen LogP contribution in [0.3, 0.4) is 0 Å². The second kappa shape index (κ2) is 7.90. The molecule has 1 atom stereocenters. The Morgan fingerprint density at radius 3 is 2.70 bits per heavy atom. The molecule has 0 aliphatic carbocycles. The van der Waals surface area contributed by atoms with Gasteiger partial charge in [0.1, 0.15) is 11.6 Å². The van der Waals surface area contributed by atoms with Crippen LogP contribution >= 0.6 is 0 Å². The zero-order valence-electron chi connectivity index (χ0n) is 15.9. The quantitative estimate of drug-likeness (QED) is 0.756. The van der Waals surface area contributed by atoms with Gasteiger partial charge in [-0.1, -0.05) is 24.3 Å². The molecule has 1 aliphatic rings. The number of rotatable bonds is 5. The van der Waals surface area contributed by atoms with Crippen molar-refractivity contribution >= 4 is 11.5 Å². The van der Waals surface area contributed by atoms with Crippen LogP contribution in [0.4, 0.5) is 11.5 Å². The highest BCUT2D eigenvalue weighted by molar-refractivity contribution is 5.58. The van der Waals surface area contributed by atoms with Crippen molar-refractivity contribution < 1.29 is 0 Å². The maximum absolute atomic E-state index is 4.69. The Morgan fingerprint density at radius 2 is 2.00 bits per heavy atom. The molecule has 1 saturated heterocycles. The van der Waals surface area contributed by atoms with E-state index in [1.807, 2.05) is 43.8 Å². The van der Waals surface area contributed by atoms with Crippen molar-refractivity contribution in [3.8, 4) is 0 Å². The van der Waals surface area contributed by atoms with E-state index in [1.165, 1.54) is 5.56 Å². The molecule has 27 heavy (non-hydrogen) atoms. The van der Waals surface area contributed by atoms with Gasteiger partial charge < -0.3 is 14.8 Å². The van der Waals surface area contributed by atoms with Crippen molar-refractivity contribution in [2.45, 2.75) is 12.6 Å². The third kappa shape index (κ3) is 3.86. The average molecular weight is 362 g/mol. The number of aromatic nitrogens is 3. The highest BCUT2D eigenvalue weighted by atomic mass is 15.3. The Hall–Kier alpha value is -2.70. The molecule has 0 amide bonds. The Bertz CT molecular complexity index is 858. The molecule has 3 heterocycles. The number of pyridine rings is 1. The number of nitrogens with zero attached hydrogens (tertiary/aromatic N) is 5. The van der Waals surface area contributed by atoms with Crippen LogP contribution in [0, 0.1) is 0 Å². The SMILES string of the molecule is CN(c1ccccc1)c1ccc(CN2CCNCC2c2nccn2C)cn1. The van der Waals surface area contributed by atoms with E-state index in [-0.39, 0.29) is 6.04 Å². The van der Waals surface area contributed by atoms with E-state index < -0.39 is 0 Å². The van der Waals surface area contributed by atoms with Crippen molar-refractivity contribution in [3.63, 3.8) is 0 Å². The fourth-order valence-electron chi connectivity index (χ4n) is 3.62. The van der Waals surface area contributed by atoms with E-state index in [0.29, 0.717) is 0 Å². The zero-order valence-corrected chi connectivity index (χ0v) is 15.9. The van der Waals surface area contributed by atoms with Crippen LogP contribution in [0.2, 0.25) is 0 Å². The van der Waals surface area contributed by atoms with Crippen LogP contribution in [-0.2, 0) is 13.6 Å². The maximum atomic E-state index is 4.69. The van der Waals surface area contributed by atoms with Crippen LogP contribution < -0.4 is 10.2 Å². The first kappa shape index (κ1) is 17.7. The second-order valence-electron chi connectivity index (χ2n) is 7.01. The lowest BCUT2D eigenvalue weighted by molar-refractivity contribution is 0.144. The van der Waals surface area contributed by atoms with Crippen LogP contribution in [0.1, 0.15) is 17.4 Å². The highest BCUT2D eigenvalue weighted by Crippen LogP contribution is 2.24. The molecular weight excluding hydrogens is 336 g/mol. The van der Waals surface area contributed by atoms with E-state index in [2.05, 4.69) is 61.0 Å². The normalized spacial score (nSPS) is 17.8. The lowest BCUT2D eigenvalue weighted by atomic mass is 10.1. The van der Waals surface area contributed by atoms with Gasteiger partial charge in [-0.3, -0.25) is 4.90 Å². The van der Waals surface area contributed by atoms with Crippen molar-refractivity contribution in [1.82, 2.24) is 24.8 Å². The topological polar surface area (TPSA) is 49.2 Å². The van der Waals surface area contributed by atoms with Gasteiger partial charge >= 0.3 is 0 Å². The number of nitrogens with one attached hydrogen (secondary N) is 1. The summed E-state index contributed by atoms with van der Waals surface area (Å²) in [4.78, 5) is 13.8. The summed E-state index contributed by atoms with van der Waals surface area (Å²) in [7, 11) is 4.11. The molecule has 1 aliphatic heterocycles. The number of anilines is 2. The van der Waals surface area contributed by atoms with E-state index in [9.17, 15) is 0 Å². The van der Waals surface area contributed by atoms with Crippen molar-refractivity contribution in [2.24, 2.45) is 7.05 Å². The number of hydrogen-bond donors (Lipinski definition) is 1. The molecule has 140 valence electrons. The highest BCUT2D eigenvalue weighted by Gasteiger charge is 2.26. The Morgan fingerprint density at radius 1 is 1.15 bits per heavy atom. The summed E-state index contributed by atoms with van der Waals surface area (Å²) >= 11 is 0. The van der Waals surface area contributed by atoms with Gasteiger partial charge in [0.25, 0.3) is 0 Å². The molecule has 0 radical (unpaired) electrons. The van der Waals surface area contributed by atoms with Crippen molar-refractivity contribution in [2.75, 3.05) is 31.6 Å². The third-order valence-corrected chi connectivity index (χ3v) is 5.19. The largest absolute Gasteiger partial charge is 0.337 e. The van der Waals surface area contributed by atoms with Crippen molar-refractivity contribution in [1.29, 1.82) is 0 Å². The van der Waals surface area contributed by atoms with E-state index >= 15 is 0 Å². The Balaban J connectivity index is 1.48. The van der Waals surface area contributed by atoms with E-state index in [4.69, 9.17) is 0 Å². The first-order valence-electron chi connectivity index (χ1n) is 9.38. The van der Waals surface area contributed by atoms with Gasteiger partial charge in [-0.15, -0.1) is 0 Å². The summed E-state index contributed by atoms with van der Waals surface area (Å²) in [5.74, 6) is 2.06. The molecule has 1 fully saturated rings. The first-order valence-corrected chi connectivity index (χ1v) is 9.38. The summed E-state index contributed by atoms with van der Waals surface area (Å²) in [5.41, 5.74) is 2.36. The van der Waals surface area contributed by atoms with Gasteiger partial charge in [0.05, 0.1) is 6.04 Å². The molecular formula is C21H26N6. The molecule has 6 heteroatoms. The molecule has 4 rings (SSSR count). The number of para-hydroxylation sites is 1. The molecule has 2 aromatic heterocycles. The van der Waals surface area contributed by atoms with Crippen LogP contribution in [0.25, 0.3) is 0 Å². The van der Waals surface area contributed by atoms with E-state index in [0.717, 1.165) is 43.5 Å². The molecule has 3 aromatic rings. The molecule has 0 saturated carbocycles. The number of hydrogen-bond acceptors (Lipinski definition) is 5. The predicted molar refractivity (Wildman–Crippen MR) is 108 cm³/mol. The summed E-state index contributed by atoms with van der Waals surface area (Å²) in [6.07, 6.45) is 5.88. The van der Waals surface area contributed by atoms with Crippen LogP contribution in [0.5, 0.6) is 0 Å². The average Bonchev–Trinajstić information content (AvgIpc) is 3.15. The summed E-state index contributed by atoms with van der Waals surface area (Å²) in [6.45, 7) is 3.81. The Labute approximate surface area is 160 Å². The number of piperazine rings is 1. The number of benzene rings is 1. The Kier molecular flexibility index (Phi) is 5.18. The van der Waals surface area contributed by atoms with Crippen LogP contribution in [0.15, 0.2) is 61.1 Å². The summed E-state index contributed by atoms with van der Waals surface area (Å²) < 4.78 is 2.11. The second-order valence-corrected chi connectivity index (χ2v) is 7.01. The van der Waals surface area contributed by atoms with Gasteiger partial charge in [0.2, 0.25) is 0 Å². The monoisotopic (exact) mass is 362 g/mol. The molecule has 1 unspecified atom stereocenters. The summed E-state index contributed by atoms with van der Waals surface area (Å²) in [6, 6.07) is 14.9. The fraction of sp³-hybridized carbons (Fsp3) is 0.333. The molecule has 0 bridgehead atoms. The lowest BCUT2D eigenvalue weighted by Gasteiger charge is -2.35. The molecule has 0 spiro atoms. The zero-order chi connectivity index (χ0) is 18.6. The number of aryl methyl sites for hydroxylation is 1. The fourth-order valence-corrected chi connectivity index (χ4v) is 3.62. The number of imidazole rings is 1. The predicted octanol–water partition coefficient (Wildman–Crippen LogP) is 2.73. The van der Waals surface area contributed by atoms with Gasteiger partial charge in [0, 0.05) is 64.6 Å². The van der Waals surface area contributed by atoms with Gasteiger partial charge in [0.15, 0.2) is 0 Å². The first-order chi connectivity index (χ1) is 13.2. The molecule has 6 nitrogen and oxygen atoms in total. The smallest absolute Gasteiger partial charge is 0.132 e. The third-order valence-electron chi connectivity index (χ3n) is 5.19. The minimum absolute atomic E-state index is 0.283. The maximum Gasteiger partial charge on any atom is 0.132 e. The van der Waals surface area contributed by atoms with E-state index in [1.54, 1.807) is 0 Å². The lowest BCUT2D eigenvalue weighted by Crippen LogP contribution is -2.46. The standard InChI is InChI=1S/C21H26N6/c1-25-12-11-23-21(25)19-15-22-10-13-27(19)16-17-8-9-20(24-14-17)26(2)18-6-4-3-5-7-18/h3-9,11-12,14,19,22H,10,13,15-16H2,1-2H3. The summed E-state index contributed by atoms with van der Waals surface area (Å²) in [5, 5.41) is 3.49. The van der Waals surface area contributed by atoms with Gasteiger partial charge in [-0.2, -0.15) is 0 Å². The van der Waals surface area contributed by atoms with Crippen molar-refractivity contribution in [3.05, 3.63) is 72.4 Å². The van der Waals surface area contributed by atoms with Gasteiger partial charge in [-0.05, 0) is 23.8 Å². The molecule has 1 N–H and O–H groups in total. The minimum atomic E-state index is 0.283. The molecule has 1 aromatic carbocycles. The van der Waals surface area contributed by atoms with Gasteiger partial charge in [-0.25, -0.2) is 9.97 Å². The minimum Gasteiger partial charge on any atom is -0.337 e.